The van der Waals surface area contributed by atoms with E-state index in [0.29, 0.717) is 11.0 Å². The van der Waals surface area contributed by atoms with E-state index in [-0.39, 0.29) is 0 Å². The summed E-state index contributed by atoms with van der Waals surface area (Å²) < 4.78 is 1.21. The normalized spacial score (nSPS) is 14.9. The van der Waals surface area contributed by atoms with Gasteiger partial charge in [0.25, 0.3) is 0 Å². The second kappa shape index (κ2) is 4.91. The van der Waals surface area contributed by atoms with Crippen LogP contribution in [0.3, 0.4) is 0 Å². The summed E-state index contributed by atoms with van der Waals surface area (Å²) in [6.07, 6.45) is 3.50. The first-order chi connectivity index (χ1) is 9.04. The van der Waals surface area contributed by atoms with Gasteiger partial charge in [0.1, 0.15) is 0 Å². The number of nitrogen functional groups attached to an aromatic ring is 1. The number of benzene rings is 1. The first kappa shape index (κ1) is 13.1. The Morgan fingerprint density at radius 1 is 1.32 bits per heavy atom. The molecular weight excluding hydrogens is 320 g/mol. The zero-order valence-electron chi connectivity index (χ0n) is 11.2. The molecule has 0 radical (unpaired) electrons. The Morgan fingerprint density at radius 2 is 1.95 bits per heavy atom. The molecule has 2 nitrogen and oxygen atoms in total. The van der Waals surface area contributed by atoms with Crippen LogP contribution in [0.2, 0.25) is 0 Å². The maximum absolute atomic E-state index is 5.88. The van der Waals surface area contributed by atoms with Gasteiger partial charge in [-0.1, -0.05) is 28.1 Å². The van der Waals surface area contributed by atoms with Crippen molar-refractivity contribution in [2.45, 2.75) is 39.0 Å². The molecule has 0 saturated heterocycles. The maximum atomic E-state index is 5.88. The maximum Gasteiger partial charge on any atom is 0.180 e. The molecule has 0 unspecified atom stereocenters. The second-order valence-corrected chi connectivity index (χ2v) is 7.26. The van der Waals surface area contributed by atoms with Crippen molar-refractivity contribution in [3.05, 3.63) is 43.9 Å². The van der Waals surface area contributed by atoms with Gasteiger partial charge in [0.05, 0.1) is 5.69 Å². The van der Waals surface area contributed by atoms with Crippen molar-refractivity contribution < 1.29 is 0 Å². The highest BCUT2D eigenvalue weighted by atomic mass is 79.9. The van der Waals surface area contributed by atoms with Gasteiger partial charge in [-0.15, -0.1) is 11.3 Å². The largest absolute Gasteiger partial charge is 0.375 e. The predicted octanol–water partition coefficient (Wildman–Crippen LogP) is 4.57. The first-order valence-electron chi connectivity index (χ1n) is 6.55. The first-order valence-corrected chi connectivity index (χ1v) is 8.16. The van der Waals surface area contributed by atoms with Crippen LogP contribution in [0.15, 0.2) is 16.6 Å². The van der Waals surface area contributed by atoms with Crippen LogP contribution in [0.1, 0.15) is 46.0 Å². The fourth-order valence-corrected chi connectivity index (χ4v) is 3.69. The predicted molar refractivity (Wildman–Crippen MR) is 84.9 cm³/mol. The number of nitrogens with zero attached hydrogens (tertiary/aromatic N) is 1. The lowest BCUT2D eigenvalue weighted by Crippen LogP contribution is -1.93. The summed E-state index contributed by atoms with van der Waals surface area (Å²) in [6, 6.07) is 4.51. The summed E-state index contributed by atoms with van der Waals surface area (Å²) in [5, 5.41) is 0.711. The van der Waals surface area contributed by atoms with Crippen LogP contribution in [0.5, 0.6) is 0 Å². The van der Waals surface area contributed by atoms with Crippen molar-refractivity contribution >= 4 is 32.4 Å². The van der Waals surface area contributed by atoms with E-state index < -0.39 is 0 Å². The van der Waals surface area contributed by atoms with Gasteiger partial charge in [0.2, 0.25) is 0 Å². The van der Waals surface area contributed by atoms with Gasteiger partial charge < -0.3 is 5.73 Å². The summed E-state index contributed by atoms with van der Waals surface area (Å²) in [7, 11) is 0. The van der Waals surface area contributed by atoms with Crippen LogP contribution >= 0.6 is 27.3 Å². The smallest absolute Gasteiger partial charge is 0.180 e. The Hall–Kier alpha value is -0.870. The third-order valence-corrected chi connectivity index (χ3v) is 5.72. The van der Waals surface area contributed by atoms with Crippen molar-refractivity contribution in [3.63, 3.8) is 0 Å². The molecule has 0 spiro atoms. The fraction of sp³-hybridized carbons (Fsp3) is 0.400. The third kappa shape index (κ3) is 2.70. The minimum atomic E-state index is 0.668. The molecule has 100 valence electrons. The molecule has 4 heteroatoms. The molecule has 1 aliphatic carbocycles. The van der Waals surface area contributed by atoms with Gasteiger partial charge >= 0.3 is 0 Å². The number of nitrogens with two attached hydrogens (primary N) is 1. The number of rotatable bonds is 3. The minimum Gasteiger partial charge on any atom is -0.375 e. The number of hydrogen-bond acceptors (Lipinski definition) is 3. The lowest BCUT2D eigenvalue weighted by molar-refractivity contribution is 1.01. The zero-order chi connectivity index (χ0) is 13.6. The quantitative estimate of drug-likeness (QED) is 0.891. The van der Waals surface area contributed by atoms with Gasteiger partial charge in [-0.25, -0.2) is 4.98 Å². The standard InChI is InChI=1S/C15H17BrN2S/c1-8-5-10(6-9(2)13(8)16)7-12-14(11-3-4-11)18-15(17)19-12/h5-6,11H,3-4,7H2,1-2H3,(H2,17,18). The third-order valence-electron chi connectivity index (χ3n) is 3.57. The number of thiazole rings is 1. The molecule has 1 aromatic carbocycles. The molecule has 19 heavy (non-hydrogen) atoms. The Kier molecular flexibility index (Phi) is 3.39. The lowest BCUT2D eigenvalue weighted by Gasteiger charge is -2.08. The van der Waals surface area contributed by atoms with Crippen molar-refractivity contribution in [1.82, 2.24) is 4.98 Å². The van der Waals surface area contributed by atoms with E-state index in [9.17, 15) is 0 Å². The number of anilines is 1. The van der Waals surface area contributed by atoms with Crippen molar-refractivity contribution in [2.24, 2.45) is 0 Å². The number of aryl methyl sites for hydroxylation is 2. The molecule has 0 atom stereocenters. The van der Waals surface area contributed by atoms with Crippen LogP contribution in [0.4, 0.5) is 5.13 Å². The molecule has 0 bridgehead atoms. The Labute approximate surface area is 126 Å². The summed E-state index contributed by atoms with van der Waals surface area (Å²) >= 11 is 5.27. The monoisotopic (exact) mass is 336 g/mol. The lowest BCUT2D eigenvalue weighted by atomic mass is 10.0. The molecule has 1 aliphatic rings. The van der Waals surface area contributed by atoms with E-state index in [4.69, 9.17) is 5.73 Å². The van der Waals surface area contributed by atoms with Crippen LogP contribution in [0, 0.1) is 13.8 Å². The second-order valence-electron chi connectivity index (χ2n) is 5.36. The molecule has 2 aromatic rings. The van der Waals surface area contributed by atoms with E-state index in [1.807, 2.05) is 0 Å². The van der Waals surface area contributed by atoms with Crippen molar-refractivity contribution in [2.75, 3.05) is 5.73 Å². The molecule has 0 amide bonds. The fourth-order valence-electron chi connectivity index (χ4n) is 2.51. The van der Waals surface area contributed by atoms with Gasteiger partial charge in [0.15, 0.2) is 5.13 Å². The van der Waals surface area contributed by atoms with Crippen LogP contribution in [-0.4, -0.2) is 4.98 Å². The van der Waals surface area contributed by atoms with E-state index in [0.717, 1.165) is 6.42 Å². The zero-order valence-corrected chi connectivity index (χ0v) is 13.6. The summed E-state index contributed by atoms with van der Waals surface area (Å²) in [4.78, 5) is 5.87. The van der Waals surface area contributed by atoms with E-state index in [1.54, 1.807) is 11.3 Å². The van der Waals surface area contributed by atoms with Crippen LogP contribution in [-0.2, 0) is 6.42 Å². The molecule has 1 fully saturated rings. The average molecular weight is 337 g/mol. The molecule has 2 N–H and O–H groups in total. The molecule has 1 saturated carbocycles. The summed E-state index contributed by atoms with van der Waals surface area (Å²) in [6.45, 7) is 4.28. The highest BCUT2D eigenvalue weighted by Gasteiger charge is 2.29. The Morgan fingerprint density at radius 3 is 2.53 bits per heavy atom. The number of hydrogen-bond donors (Lipinski definition) is 1. The van der Waals surface area contributed by atoms with E-state index in [2.05, 4.69) is 46.9 Å². The summed E-state index contributed by atoms with van der Waals surface area (Å²) in [5.74, 6) is 0.668. The van der Waals surface area contributed by atoms with Gasteiger partial charge in [-0.2, -0.15) is 0 Å². The van der Waals surface area contributed by atoms with E-state index in [1.165, 1.54) is 44.6 Å². The van der Waals surface area contributed by atoms with Crippen LogP contribution in [0.25, 0.3) is 0 Å². The Bertz CT molecular complexity index is 606. The van der Waals surface area contributed by atoms with Crippen LogP contribution < -0.4 is 5.73 Å². The molecule has 1 aromatic heterocycles. The van der Waals surface area contributed by atoms with Crippen molar-refractivity contribution in [3.8, 4) is 0 Å². The molecular formula is C15H17BrN2S. The SMILES string of the molecule is Cc1cc(Cc2sc(N)nc2C2CC2)cc(C)c1Br. The Balaban J connectivity index is 1.93. The summed E-state index contributed by atoms with van der Waals surface area (Å²) in [5.41, 5.74) is 11.1. The van der Waals surface area contributed by atoms with E-state index >= 15 is 0 Å². The van der Waals surface area contributed by atoms with Gasteiger partial charge in [-0.05, 0) is 43.4 Å². The minimum absolute atomic E-state index is 0.668. The molecule has 0 aliphatic heterocycles. The van der Waals surface area contributed by atoms with Gasteiger partial charge in [-0.3, -0.25) is 0 Å². The topological polar surface area (TPSA) is 38.9 Å². The average Bonchev–Trinajstić information content (AvgIpc) is 3.11. The highest BCUT2D eigenvalue weighted by Crippen LogP contribution is 2.43. The number of aromatic nitrogens is 1. The number of halogens is 1. The molecule has 3 rings (SSSR count). The highest BCUT2D eigenvalue weighted by molar-refractivity contribution is 9.10. The van der Waals surface area contributed by atoms with Gasteiger partial charge in [0, 0.05) is 21.7 Å². The van der Waals surface area contributed by atoms with Crippen molar-refractivity contribution in [1.29, 1.82) is 0 Å². The molecule has 1 heterocycles.